The van der Waals surface area contributed by atoms with Gasteiger partial charge in [-0.3, -0.25) is 4.79 Å². The van der Waals surface area contributed by atoms with E-state index in [-0.39, 0.29) is 19.1 Å². The molecule has 2 rings (SSSR count). The average molecular weight is 288 g/mol. The van der Waals surface area contributed by atoms with E-state index in [1.807, 2.05) is 6.07 Å². The van der Waals surface area contributed by atoms with Crippen LogP contribution in [0.1, 0.15) is 37.7 Å². The molecule has 1 aliphatic carbocycles. The third-order valence-corrected chi connectivity index (χ3v) is 3.88. The molecular weight excluding hydrogens is 268 g/mol. The summed E-state index contributed by atoms with van der Waals surface area (Å²) < 4.78 is 5.40. The number of ether oxygens (including phenoxy) is 1. The number of hydrogen-bond acceptors (Lipinski definition) is 4. The number of aliphatic hydroxyl groups excluding tert-OH is 1. The Balaban J connectivity index is 1.91. The van der Waals surface area contributed by atoms with Gasteiger partial charge in [0.05, 0.1) is 17.7 Å². The average Bonchev–Trinajstić information content (AvgIpc) is 2.54. The molecule has 112 valence electrons. The van der Waals surface area contributed by atoms with Gasteiger partial charge in [0, 0.05) is 0 Å². The second kappa shape index (κ2) is 7.09. The quantitative estimate of drug-likeness (QED) is 0.864. The van der Waals surface area contributed by atoms with Crippen molar-refractivity contribution in [2.45, 2.75) is 37.6 Å². The highest BCUT2D eigenvalue weighted by Crippen LogP contribution is 2.27. The zero-order chi connectivity index (χ0) is 15.1. The highest BCUT2D eigenvalue weighted by Gasteiger charge is 2.32. The van der Waals surface area contributed by atoms with E-state index in [2.05, 4.69) is 5.32 Å². The Bertz CT molecular complexity index is 531. The van der Waals surface area contributed by atoms with Crippen molar-refractivity contribution in [3.05, 3.63) is 29.8 Å². The van der Waals surface area contributed by atoms with Crippen LogP contribution in [0.5, 0.6) is 5.75 Å². The van der Waals surface area contributed by atoms with Gasteiger partial charge in [-0.05, 0) is 25.0 Å². The summed E-state index contributed by atoms with van der Waals surface area (Å²) in [5.74, 6) is 0.135. The van der Waals surface area contributed by atoms with Crippen LogP contribution in [-0.2, 0) is 4.79 Å². The van der Waals surface area contributed by atoms with Crippen molar-refractivity contribution in [3.8, 4) is 11.8 Å². The van der Waals surface area contributed by atoms with Gasteiger partial charge in [-0.15, -0.1) is 0 Å². The maximum atomic E-state index is 12.0. The van der Waals surface area contributed by atoms with E-state index in [1.54, 1.807) is 24.3 Å². The minimum Gasteiger partial charge on any atom is -0.482 e. The molecule has 2 N–H and O–H groups in total. The van der Waals surface area contributed by atoms with Crippen LogP contribution in [0, 0.1) is 11.3 Å². The summed E-state index contributed by atoms with van der Waals surface area (Å²) in [7, 11) is 0. The smallest absolute Gasteiger partial charge is 0.258 e. The molecule has 5 nitrogen and oxygen atoms in total. The minimum atomic E-state index is -0.507. The van der Waals surface area contributed by atoms with Gasteiger partial charge < -0.3 is 15.2 Å². The standard InChI is InChI=1S/C16H20N2O3/c17-10-13-6-2-3-7-14(13)21-11-15(20)18-16(12-19)8-4-1-5-9-16/h2-3,6-7,19H,1,4-5,8-9,11-12H2,(H,18,20). The molecule has 1 aromatic carbocycles. The fourth-order valence-corrected chi connectivity index (χ4v) is 2.71. The van der Waals surface area contributed by atoms with Gasteiger partial charge in [-0.1, -0.05) is 31.4 Å². The van der Waals surface area contributed by atoms with Crippen LogP contribution < -0.4 is 10.1 Å². The van der Waals surface area contributed by atoms with Crippen molar-refractivity contribution in [2.24, 2.45) is 0 Å². The Morgan fingerprint density at radius 1 is 1.33 bits per heavy atom. The lowest BCUT2D eigenvalue weighted by molar-refractivity contribution is -0.126. The lowest BCUT2D eigenvalue weighted by Crippen LogP contribution is -2.53. The predicted molar refractivity (Wildman–Crippen MR) is 77.7 cm³/mol. The summed E-state index contributed by atoms with van der Waals surface area (Å²) in [6.45, 7) is -0.200. The second-order valence-corrected chi connectivity index (χ2v) is 5.44. The van der Waals surface area contributed by atoms with Gasteiger partial charge >= 0.3 is 0 Å². The van der Waals surface area contributed by atoms with Gasteiger partial charge in [0.25, 0.3) is 5.91 Å². The van der Waals surface area contributed by atoms with E-state index < -0.39 is 5.54 Å². The van der Waals surface area contributed by atoms with Crippen molar-refractivity contribution in [3.63, 3.8) is 0 Å². The van der Waals surface area contributed by atoms with Crippen LogP contribution in [0.2, 0.25) is 0 Å². The van der Waals surface area contributed by atoms with E-state index in [0.717, 1.165) is 32.1 Å². The zero-order valence-corrected chi connectivity index (χ0v) is 12.0. The first-order chi connectivity index (χ1) is 10.2. The highest BCUT2D eigenvalue weighted by atomic mass is 16.5. The lowest BCUT2D eigenvalue weighted by Gasteiger charge is -2.36. The number of amides is 1. The summed E-state index contributed by atoms with van der Waals surface area (Å²) in [5, 5.41) is 21.4. The molecule has 0 spiro atoms. The zero-order valence-electron chi connectivity index (χ0n) is 12.0. The van der Waals surface area contributed by atoms with Crippen molar-refractivity contribution < 1.29 is 14.6 Å². The van der Waals surface area contributed by atoms with Crippen molar-refractivity contribution in [1.29, 1.82) is 5.26 Å². The van der Waals surface area contributed by atoms with Crippen molar-refractivity contribution >= 4 is 5.91 Å². The molecule has 0 aromatic heterocycles. The molecule has 21 heavy (non-hydrogen) atoms. The van der Waals surface area contributed by atoms with Crippen molar-refractivity contribution in [2.75, 3.05) is 13.2 Å². The summed E-state index contributed by atoms with van der Waals surface area (Å²) in [5.41, 5.74) is -0.104. The summed E-state index contributed by atoms with van der Waals surface area (Å²) in [4.78, 5) is 12.0. The number of hydrogen-bond donors (Lipinski definition) is 2. The van der Waals surface area contributed by atoms with Crippen LogP contribution in [0.25, 0.3) is 0 Å². The molecule has 0 aliphatic heterocycles. The third-order valence-electron chi connectivity index (χ3n) is 3.88. The monoisotopic (exact) mass is 288 g/mol. The Hall–Kier alpha value is -2.06. The molecule has 1 saturated carbocycles. The number of nitrogens with zero attached hydrogens (tertiary/aromatic N) is 1. The first-order valence-electron chi connectivity index (χ1n) is 7.23. The third kappa shape index (κ3) is 3.96. The van der Waals surface area contributed by atoms with E-state index in [1.165, 1.54) is 0 Å². The minimum absolute atomic E-state index is 0.0481. The van der Waals surface area contributed by atoms with Gasteiger partial charge in [-0.25, -0.2) is 0 Å². The lowest BCUT2D eigenvalue weighted by atomic mass is 9.82. The fourth-order valence-electron chi connectivity index (χ4n) is 2.71. The molecular formula is C16H20N2O3. The van der Waals surface area contributed by atoms with E-state index in [9.17, 15) is 9.90 Å². The topological polar surface area (TPSA) is 82.3 Å². The van der Waals surface area contributed by atoms with E-state index >= 15 is 0 Å². The largest absolute Gasteiger partial charge is 0.482 e. The highest BCUT2D eigenvalue weighted by molar-refractivity contribution is 5.78. The molecule has 1 aromatic rings. The first kappa shape index (κ1) is 15.3. The number of rotatable bonds is 5. The normalized spacial score (nSPS) is 16.8. The molecule has 0 atom stereocenters. The van der Waals surface area contributed by atoms with Crippen LogP contribution >= 0.6 is 0 Å². The SMILES string of the molecule is N#Cc1ccccc1OCC(=O)NC1(CO)CCCCC1. The van der Waals surface area contributed by atoms with Crippen LogP contribution in [0.15, 0.2) is 24.3 Å². The Kier molecular flexibility index (Phi) is 5.18. The molecule has 0 radical (unpaired) electrons. The number of benzene rings is 1. The maximum Gasteiger partial charge on any atom is 0.258 e. The van der Waals surface area contributed by atoms with Crippen LogP contribution in [0.3, 0.4) is 0 Å². The van der Waals surface area contributed by atoms with Crippen molar-refractivity contribution in [1.82, 2.24) is 5.32 Å². The number of carbonyl (C=O) groups excluding carboxylic acids is 1. The number of nitrogens with one attached hydrogen (secondary N) is 1. The number of carbonyl (C=O) groups is 1. The van der Waals surface area contributed by atoms with Crippen LogP contribution in [-0.4, -0.2) is 29.8 Å². The van der Waals surface area contributed by atoms with Gasteiger partial charge in [-0.2, -0.15) is 5.26 Å². The van der Waals surface area contributed by atoms with Gasteiger partial charge in [0.1, 0.15) is 11.8 Å². The van der Waals surface area contributed by atoms with E-state index in [4.69, 9.17) is 10.00 Å². The molecule has 1 amide bonds. The summed E-state index contributed by atoms with van der Waals surface area (Å²) in [6.07, 6.45) is 4.76. The number of para-hydroxylation sites is 1. The Morgan fingerprint density at radius 2 is 2.05 bits per heavy atom. The molecule has 0 heterocycles. The van der Waals surface area contributed by atoms with E-state index in [0.29, 0.717) is 11.3 Å². The first-order valence-corrected chi connectivity index (χ1v) is 7.23. The molecule has 0 unspecified atom stereocenters. The predicted octanol–water partition coefficient (Wildman–Crippen LogP) is 1.75. The molecule has 5 heteroatoms. The molecule has 1 aliphatic rings. The Labute approximate surface area is 124 Å². The van der Waals surface area contributed by atoms with Gasteiger partial charge in [0.15, 0.2) is 6.61 Å². The van der Waals surface area contributed by atoms with Crippen LogP contribution in [0.4, 0.5) is 0 Å². The second-order valence-electron chi connectivity index (χ2n) is 5.44. The van der Waals surface area contributed by atoms with Gasteiger partial charge in [0.2, 0.25) is 0 Å². The molecule has 1 fully saturated rings. The molecule has 0 saturated heterocycles. The maximum absolute atomic E-state index is 12.0. The number of nitriles is 1. The molecule has 0 bridgehead atoms. The summed E-state index contributed by atoms with van der Waals surface area (Å²) >= 11 is 0. The Morgan fingerprint density at radius 3 is 2.71 bits per heavy atom. The summed E-state index contributed by atoms with van der Waals surface area (Å²) in [6, 6.07) is 8.82. The fraction of sp³-hybridized carbons (Fsp3) is 0.500. The number of aliphatic hydroxyl groups is 1.